The van der Waals surface area contributed by atoms with Gasteiger partial charge in [0.1, 0.15) is 5.75 Å². The maximum Gasteiger partial charge on any atom is 0.389 e. The van der Waals surface area contributed by atoms with Crippen LogP contribution in [0.2, 0.25) is 0 Å². The molecule has 0 aliphatic heterocycles. The molecule has 0 bridgehead atoms. The van der Waals surface area contributed by atoms with Gasteiger partial charge in [-0.25, -0.2) is 0 Å². The van der Waals surface area contributed by atoms with Crippen LogP contribution < -0.4 is 10.1 Å². The van der Waals surface area contributed by atoms with Crippen LogP contribution in [-0.2, 0) is 6.54 Å². The zero-order chi connectivity index (χ0) is 15.2. The minimum atomic E-state index is -4.12. The Morgan fingerprint density at radius 2 is 2.00 bits per heavy atom. The van der Waals surface area contributed by atoms with Crippen molar-refractivity contribution in [2.45, 2.75) is 45.5 Å². The Morgan fingerprint density at radius 3 is 2.55 bits per heavy atom. The summed E-state index contributed by atoms with van der Waals surface area (Å²) in [5.74, 6) is 0.570. The highest BCUT2D eigenvalue weighted by Crippen LogP contribution is 2.27. The topological polar surface area (TPSA) is 21.3 Å². The lowest BCUT2D eigenvalue weighted by atomic mass is 10.2. The van der Waals surface area contributed by atoms with Gasteiger partial charge in [-0.15, -0.1) is 0 Å². The fourth-order valence-electron chi connectivity index (χ4n) is 1.55. The van der Waals surface area contributed by atoms with E-state index in [1.54, 1.807) is 6.07 Å². The van der Waals surface area contributed by atoms with Crippen LogP contribution in [0.5, 0.6) is 5.75 Å². The lowest BCUT2D eigenvalue weighted by Crippen LogP contribution is -2.21. The maximum absolute atomic E-state index is 12.0. The van der Waals surface area contributed by atoms with Gasteiger partial charge in [-0.2, -0.15) is 13.2 Å². The number of hydrogen-bond donors (Lipinski definition) is 1. The van der Waals surface area contributed by atoms with Gasteiger partial charge >= 0.3 is 6.18 Å². The zero-order valence-corrected chi connectivity index (χ0v) is 13.1. The Morgan fingerprint density at radius 1 is 1.30 bits per heavy atom. The van der Waals surface area contributed by atoms with Gasteiger partial charge in [0.25, 0.3) is 0 Å². The zero-order valence-electron chi connectivity index (χ0n) is 11.6. The molecule has 1 N–H and O–H groups in total. The first-order chi connectivity index (χ1) is 9.28. The molecule has 0 unspecified atom stereocenters. The average molecular weight is 354 g/mol. The van der Waals surface area contributed by atoms with Crippen molar-refractivity contribution in [1.29, 1.82) is 0 Å². The number of rotatable bonds is 7. The molecule has 0 atom stereocenters. The molecule has 0 amide bonds. The van der Waals surface area contributed by atoms with Gasteiger partial charge in [0, 0.05) is 19.0 Å². The van der Waals surface area contributed by atoms with Crippen molar-refractivity contribution in [3.63, 3.8) is 0 Å². The first-order valence-electron chi connectivity index (χ1n) is 6.49. The van der Waals surface area contributed by atoms with Crippen molar-refractivity contribution in [2.24, 2.45) is 0 Å². The first-order valence-corrected chi connectivity index (χ1v) is 7.28. The molecule has 0 aliphatic carbocycles. The molecule has 2 nitrogen and oxygen atoms in total. The normalized spacial score (nSPS) is 11.9. The summed E-state index contributed by atoms with van der Waals surface area (Å²) in [5.41, 5.74) is 1.09. The second kappa shape index (κ2) is 7.88. The summed E-state index contributed by atoms with van der Waals surface area (Å²) in [6.07, 6.45) is -4.97. The molecule has 0 radical (unpaired) electrons. The third-order valence-corrected chi connectivity index (χ3v) is 3.19. The molecule has 1 aromatic carbocycles. The first kappa shape index (κ1) is 17.3. The summed E-state index contributed by atoms with van der Waals surface area (Å²) in [6, 6.07) is 5.98. The summed E-state index contributed by atoms with van der Waals surface area (Å²) in [6.45, 7) is 4.92. The van der Waals surface area contributed by atoms with Crippen molar-refractivity contribution in [1.82, 2.24) is 5.32 Å². The van der Waals surface area contributed by atoms with Crippen LogP contribution in [0.15, 0.2) is 22.7 Å². The number of alkyl halides is 3. The van der Waals surface area contributed by atoms with E-state index in [1.165, 1.54) is 0 Å². The highest BCUT2D eigenvalue weighted by atomic mass is 79.9. The molecule has 0 saturated carbocycles. The molecule has 0 aliphatic rings. The Labute approximate surface area is 125 Å². The monoisotopic (exact) mass is 353 g/mol. The van der Waals surface area contributed by atoms with E-state index in [-0.39, 0.29) is 13.0 Å². The summed E-state index contributed by atoms with van der Waals surface area (Å²) in [7, 11) is 0. The Kier molecular flexibility index (Phi) is 6.82. The summed E-state index contributed by atoms with van der Waals surface area (Å²) < 4.78 is 42.1. The van der Waals surface area contributed by atoms with Gasteiger partial charge in [0.05, 0.1) is 11.1 Å². The van der Waals surface area contributed by atoms with Crippen molar-refractivity contribution in [3.05, 3.63) is 28.2 Å². The largest absolute Gasteiger partial charge is 0.492 e. The van der Waals surface area contributed by atoms with E-state index in [2.05, 4.69) is 35.1 Å². The number of benzene rings is 1. The van der Waals surface area contributed by atoms with Crippen LogP contribution in [0.25, 0.3) is 0 Å². The molecule has 114 valence electrons. The fourth-order valence-corrected chi connectivity index (χ4v) is 2.09. The average Bonchev–Trinajstić information content (AvgIpc) is 2.32. The molecule has 20 heavy (non-hydrogen) atoms. The predicted octanol–water partition coefficient (Wildman–Crippen LogP) is 4.67. The van der Waals surface area contributed by atoms with E-state index >= 15 is 0 Å². The number of hydrogen-bond acceptors (Lipinski definition) is 2. The van der Waals surface area contributed by atoms with Crippen molar-refractivity contribution < 1.29 is 17.9 Å². The number of halogens is 4. The Bertz CT molecular complexity index is 421. The van der Waals surface area contributed by atoms with Crippen LogP contribution in [0.4, 0.5) is 13.2 Å². The smallest absolute Gasteiger partial charge is 0.389 e. The Balaban J connectivity index is 2.43. The standard InChI is InChI=1S/C14H19BrF3NO/c1-10(2)19-9-11-4-5-13(12(15)8-11)20-7-3-6-14(16,17)18/h4-5,8,10,19H,3,6-7,9H2,1-2H3. The predicted molar refractivity (Wildman–Crippen MR) is 76.9 cm³/mol. The number of ether oxygens (including phenoxy) is 1. The molecule has 0 spiro atoms. The molecule has 0 saturated heterocycles. The van der Waals surface area contributed by atoms with Gasteiger partial charge in [-0.3, -0.25) is 0 Å². The molecule has 1 rings (SSSR count). The van der Waals surface area contributed by atoms with Crippen LogP contribution in [0, 0.1) is 0 Å². The third kappa shape index (κ3) is 7.14. The van der Waals surface area contributed by atoms with Gasteiger partial charge < -0.3 is 10.1 Å². The van der Waals surface area contributed by atoms with Gasteiger partial charge in [0.15, 0.2) is 0 Å². The highest BCUT2D eigenvalue weighted by Gasteiger charge is 2.26. The SMILES string of the molecule is CC(C)NCc1ccc(OCCCC(F)(F)F)c(Br)c1. The summed E-state index contributed by atoms with van der Waals surface area (Å²) in [5, 5.41) is 3.29. The summed E-state index contributed by atoms with van der Waals surface area (Å²) >= 11 is 3.37. The molecule has 1 aromatic rings. The molecular weight excluding hydrogens is 335 g/mol. The van der Waals surface area contributed by atoms with E-state index in [0.717, 1.165) is 16.6 Å². The van der Waals surface area contributed by atoms with Crippen LogP contribution in [0.1, 0.15) is 32.3 Å². The Hall–Kier alpha value is -0.750. The van der Waals surface area contributed by atoms with Gasteiger partial charge in [0.2, 0.25) is 0 Å². The van der Waals surface area contributed by atoms with Crippen LogP contribution in [0.3, 0.4) is 0 Å². The van der Waals surface area contributed by atoms with Crippen molar-refractivity contribution in [2.75, 3.05) is 6.61 Å². The van der Waals surface area contributed by atoms with Crippen molar-refractivity contribution in [3.8, 4) is 5.75 Å². The van der Waals surface area contributed by atoms with Gasteiger partial charge in [-0.1, -0.05) is 19.9 Å². The molecule has 0 heterocycles. The lowest BCUT2D eigenvalue weighted by Gasteiger charge is -2.12. The third-order valence-electron chi connectivity index (χ3n) is 2.57. The van der Waals surface area contributed by atoms with Gasteiger partial charge in [-0.05, 0) is 40.0 Å². The lowest BCUT2D eigenvalue weighted by molar-refractivity contribution is -0.136. The molecule has 0 aromatic heterocycles. The van der Waals surface area contributed by atoms with Crippen LogP contribution in [-0.4, -0.2) is 18.8 Å². The van der Waals surface area contributed by atoms with E-state index in [1.807, 2.05) is 12.1 Å². The maximum atomic E-state index is 12.0. The van der Waals surface area contributed by atoms with E-state index in [9.17, 15) is 13.2 Å². The van der Waals surface area contributed by atoms with Crippen LogP contribution >= 0.6 is 15.9 Å². The summed E-state index contributed by atoms with van der Waals surface area (Å²) in [4.78, 5) is 0. The minimum absolute atomic E-state index is 0.0351. The fraction of sp³-hybridized carbons (Fsp3) is 0.571. The van der Waals surface area contributed by atoms with E-state index in [0.29, 0.717) is 11.8 Å². The van der Waals surface area contributed by atoms with E-state index in [4.69, 9.17) is 4.74 Å². The quantitative estimate of drug-likeness (QED) is 0.719. The van der Waals surface area contributed by atoms with E-state index < -0.39 is 12.6 Å². The molecule has 0 fully saturated rings. The van der Waals surface area contributed by atoms with Crippen molar-refractivity contribution >= 4 is 15.9 Å². The minimum Gasteiger partial charge on any atom is -0.492 e. The number of nitrogens with one attached hydrogen (secondary N) is 1. The molecule has 6 heteroatoms. The second-order valence-corrected chi connectivity index (χ2v) is 5.72. The molecular formula is C14H19BrF3NO. The second-order valence-electron chi connectivity index (χ2n) is 4.87. The highest BCUT2D eigenvalue weighted by molar-refractivity contribution is 9.10.